The Bertz CT molecular complexity index is 569. The second-order valence-corrected chi connectivity index (χ2v) is 6.31. The highest BCUT2D eigenvalue weighted by atomic mass is 16.6. The average Bonchev–Trinajstić information content (AvgIpc) is 2.58. The predicted octanol–water partition coefficient (Wildman–Crippen LogP) is 2.83. The highest BCUT2D eigenvalue weighted by Crippen LogP contribution is 2.32. The number of likely N-dealkylation sites (tertiary alicyclic amines) is 1. The van der Waals surface area contributed by atoms with E-state index in [0.717, 1.165) is 19.3 Å². The van der Waals surface area contributed by atoms with Gasteiger partial charge in [-0.2, -0.15) is 0 Å². The Kier molecular flexibility index (Phi) is 4.16. The number of amides is 1. The molecule has 0 radical (unpaired) electrons. The number of nitro benzene ring substituents is 1. The fourth-order valence-electron chi connectivity index (χ4n) is 2.73. The molecule has 1 heterocycles. The molecule has 1 aliphatic heterocycles. The van der Waals surface area contributed by atoms with Crippen molar-refractivity contribution in [1.29, 1.82) is 0 Å². The van der Waals surface area contributed by atoms with Gasteiger partial charge in [-0.05, 0) is 36.8 Å². The normalized spacial score (nSPS) is 18.1. The van der Waals surface area contributed by atoms with Gasteiger partial charge >= 0.3 is 5.69 Å². The van der Waals surface area contributed by atoms with Gasteiger partial charge in [-0.1, -0.05) is 19.9 Å². The summed E-state index contributed by atoms with van der Waals surface area (Å²) in [6, 6.07) is 4.50. The Morgan fingerprint density at radius 2 is 2.05 bits per heavy atom. The average molecular weight is 291 g/mol. The van der Waals surface area contributed by atoms with Crippen molar-refractivity contribution in [2.75, 3.05) is 18.8 Å². The van der Waals surface area contributed by atoms with E-state index in [1.807, 2.05) is 0 Å². The van der Waals surface area contributed by atoms with E-state index in [9.17, 15) is 14.9 Å². The fraction of sp³-hybridized carbons (Fsp3) is 0.533. The fourth-order valence-corrected chi connectivity index (χ4v) is 2.73. The molecule has 1 saturated heterocycles. The van der Waals surface area contributed by atoms with Crippen molar-refractivity contribution >= 4 is 17.3 Å². The minimum absolute atomic E-state index is 0.0287. The molecule has 114 valence electrons. The number of carbonyl (C=O) groups is 1. The van der Waals surface area contributed by atoms with Crippen molar-refractivity contribution in [3.63, 3.8) is 0 Å². The maximum absolute atomic E-state index is 12.6. The Hall–Kier alpha value is -2.11. The molecule has 0 unspecified atom stereocenters. The molecule has 1 aromatic rings. The third kappa shape index (κ3) is 3.32. The van der Waals surface area contributed by atoms with Crippen LogP contribution in [0.5, 0.6) is 0 Å². The summed E-state index contributed by atoms with van der Waals surface area (Å²) in [6.07, 6.45) is 2.86. The Morgan fingerprint density at radius 3 is 2.71 bits per heavy atom. The monoisotopic (exact) mass is 291 g/mol. The zero-order valence-electron chi connectivity index (χ0n) is 12.5. The molecule has 1 fully saturated rings. The SMILES string of the molecule is CC1(C)CCCN(C(=O)c2cccc(N)c2[N+](=O)[O-])CC1. The van der Waals surface area contributed by atoms with Crippen LogP contribution in [0, 0.1) is 15.5 Å². The number of para-hydroxylation sites is 1. The van der Waals surface area contributed by atoms with Crippen LogP contribution in [0.15, 0.2) is 18.2 Å². The van der Waals surface area contributed by atoms with Crippen LogP contribution in [0.25, 0.3) is 0 Å². The number of carbonyl (C=O) groups excluding carboxylic acids is 1. The zero-order valence-corrected chi connectivity index (χ0v) is 12.5. The molecule has 0 aromatic heterocycles. The highest BCUT2D eigenvalue weighted by Gasteiger charge is 2.30. The summed E-state index contributed by atoms with van der Waals surface area (Å²) in [5.41, 5.74) is 5.68. The largest absolute Gasteiger partial charge is 0.393 e. The van der Waals surface area contributed by atoms with Gasteiger partial charge in [0.15, 0.2) is 0 Å². The molecular weight excluding hydrogens is 270 g/mol. The first-order chi connectivity index (χ1) is 9.82. The number of nitrogens with zero attached hydrogens (tertiary/aromatic N) is 2. The predicted molar refractivity (Wildman–Crippen MR) is 81.0 cm³/mol. The quantitative estimate of drug-likeness (QED) is 0.515. The van der Waals surface area contributed by atoms with E-state index < -0.39 is 4.92 Å². The zero-order chi connectivity index (χ0) is 15.6. The minimum Gasteiger partial charge on any atom is -0.393 e. The van der Waals surface area contributed by atoms with Crippen molar-refractivity contribution < 1.29 is 9.72 Å². The smallest absolute Gasteiger partial charge is 0.304 e. The van der Waals surface area contributed by atoms with E-state index in [0.29, 0.717) is 13.1 Å². The first-order valence-corrected chi connectivity index (χ1v) is 7.14. The lowest BCUT2D eigenvalue weighted by molar-refractivity contribution is -0.384. The Morgan fingerprint density at radius 1 is 1.33 bits per heavy atom. The maximum Gasteiger partial charge on any atom is 0.304 e. The first kappa shape index (κ1) is 15.3. The molecule has 2 rings (SSSR count). The van der Waals surface area contributed by atoms with Crippen LogP contribution >= 0.6 is 0 Å². The molecular formula is C15H21N3O3. The Balaban J connectivity index is 2.28. The van der Waals surface area contributed by atoms with E-state index in [4.69, 9.17) is 5.73 Å². The molecule has 1 amide bonds. The van der Waals surface area contributed by atoms with Crippen LogP contribution in [0.2, 0.25) is 0 Å². The third-order valence-electron chi connectivity index (χ3n) is 4.11. The van der Waals surface area contributed by atoms with Gasteiger partial charge in [0.2, 0.25) is 0 Å². The van der Waals surface area contributed by atoms with Gasteiger partial charge in [0, 0.05) is 13.1 Å². The second-order valence-electron chi connectivity index (χ2n) is 6.31. The van der Waals surface area contributed by atoms with Crippen LogP contribution in [0.1, 0.15) is 43.5 Å². The molecule has 1 aromatic carbocycles. The molecule has 21 heavy (non-hydrogen) atoms. The number of hydrogen-bond donors (Lipinski definition) is 1. The molecule has 0 bridgehead atoms. The molecule has 6 heteroatoms. The standard InChI is InChI=1S/C15H21N3O3/c1-15(2)7-4-9-17(10-8-15)14(19)11-5-3-6-12(16)13(11)18(20)21/h3,5-6H,4,7-10,16H2,1-2H3. The number of hydrogen-bond acceptors (Lipinski definition) is 4. The van der Waals surface area contributed by atoms with E-state index >= 15 is 0 Å². The molecule has 1 aliphatic rings. The van der Waals surface area contributed by atoms with Gasteiger partial charge in [-0.3, -0.25) is 14.9 Å². The number of rotatable bonds is 2. The maximum atomic E-state index is 12.6. The van der Waals surface area contributed by atoms with Crippen LogP contribution in [0.3, 0.4) is 0 Å². The molecule has 0 spiro atoms. The summed E-state index contributed by atoms with van der Waals surface area (Å²) >= 11 is 0. The molecule has 0 saturated carbocycles. The van der Waals surface area contributed by atoms with Crippen molar-refractivity contribution in [1.82, 2.24) is 4.90 Å². The van der Waals surface area contributed by atoms with Crippen molar-refractivity contribution in [3.8, 4) is 0 Å². The number of nitrogens with two attached hydrogens (primary N) is 1. The van der Waals surface area contributed by atoms with Gasteiger partial charge in [0.1, 0.15) is 11.3 Å². The summed E-state index contributed by atoms with van der Waals surface area (Å²) in [5.74, 6) is -0.299. The van der Waals surface area contributed by atoms with Gasteiger partial charge in [-0.15, -0.1) is 0 Å². The lowest BCUT2D eigenvalue weighted by atomic mass is 9.85. The highest BCUT2D eigenvalue weighted by molar-refractivity contribution is 6.00. The Labute approximate surface area is 124 Å². The van der Waals surface area contributed by atoms with E-state index in [-0.39, 0.29) is 28.3 Å². The van der Waals surface area contributed by atoms with Gasteiger partial charge < -0.3 is 10.6 Å². The lowest BCUT2D eigenvalue weighted by Crippen LogP contribution is -2.33. The first-order valence-electron chi connectivity index (χ1n) is 7.14. The van der Waals surface area contributed by atoms with Crippen molar-refractivity contribution in [2.45, 2.75) is 33.1 Å². The van der Waals surface area contributed by atoms with Gasteiger partial charge in [0.25, 0.3) is 5.91 Å². The van der Waals surface area contributed by atoms with Gasteiger partial charge in [-0.25, -0.2) is 0 Å². The number of anilines is 1. The van der Waals surface area contributed by atoms with Crippen LogP contribution in [-0.4, -0.2) is 28.8 Å². The minimum atomic E-state index is -0.579. The van der Waals surface area contributed by atoms with Crippen LogP contribution < -0.4 is 5.73 Å². The summed E-state index contributed by atoms with van der Waals surface area (Å²) in [5, 5.41) is 11.2. The van der Waals surface area contributed by atoms with Gasteiger partial charge in [0.05, 0.1) is 4.92 Å². The molecule has 0 aliphatic carbocycles. The summed E-state index contributed by atoms with van der Waals surface area (Å²) in [6.45, 7) is 5.62. The second kappa shape index (κ2) is 5.71. The van der Waals surface area contributed by atoms with Crippen LogP contribution in [-0.2, 0) is 0 Å². The van der Waals surface area contributed by atoms with Crippen LogP contribution in [0.4, 0.5) is 11.4 Å². The number of nitrogen functional groups attached to an aromatic ring is 1. The topological polar surface area (TPSA) is 89.5 Å². The number of nitro groups is 1. The molecule has 6 nitrogen and oxygen atoms in total. The van der Waals surface area contributed by atoms with Crippen molar-refractivity contribution in [2.24, 2.45) is 5.41 Å². The third-order valence-corrected chi connectivity index (χ3v) is 4.11. The van der Waals surface area contributed by atoms with Crippen molar-refractivity contribution in [3.05, 3.63) is 33.9 Å². The summed E-state index contributed by atoms with van der Waals surface area (Å²) in [7, 11) is 0. The molecule has 0 atom stereocenters. The van der Waals surface area contributed by atoms with E-state index in [1.54, 1.807) is 11.0 Å². The van der Waals surface area contributed by atoms with E-state index in [2.05, 4.69) is 13.8 Å². The number of benzene rings is 1. The summed E-state index contributed by atoms with van der Waals surface area (Å²) in [4.78, 5) is 24.9. The molecule has 2 N–H and O–H groups in total. The van der Waals surface area contributed by atoms with E-state index in [1.165, 1.54) is 12.1 Å². The lowest BCUT2D eigenvalue weighted by Gasteiger charge is -2.23. The summed E-state index contributed by atoms with van der Waals surface area (Å²) < 4.78 is 0.